The van der Waals surface area contributed by atoms with Crippen LogP contribution in [-0.4, -0.2) is 137 Å². The molecule has 418 valence electrons. The number of rotatable bonds is 24. The largest absolute Gasteiger partial charge is 0.394 e. The molecular weight excluding hydrogens is 1010 g/mol. The minimum Gasteiger partial charge on any atom is -0.394 e. The van der Waals surface area contributed by atoms with Crippen molar-refractivity contribution >= 4 is 0 Å². The quantitative estimate of drug-likeness (QED) is 0.0500. The lowest BCUT2D eigenvalue weighted by molar-refractivity contribution is -0.362. The molecule has 5 fully saturated rings. The number of methoxy groups -OCH3 is 1. The lowest BCUT2D eigenvalue weighted by Gasteiger charge is -2.48. The molecule has 0 radical (unpaired) electrons. The molecule has 2 aliphatic carbocycles. The maximum absolute atomic E-state index is 11.3. The van der Waals surface area contributed by atoms with Gasteiger partial charge < -0.3 is 77.3 Å². The zero-order chi connectivity index (χ0) is 54.2. The van der Waals surface area contributed by atoms with Crippen LogP contribution in [0.2, 0.25) is 0 Å². The number of hydrogen-bond donors (Lipinski definition) is 4. The van der Waals surface area contributed by atoms with Crippen LogP contribution >= 0.6 is 0 Å². The van der Waals surface area contributed by atoms with Gasteiger partial charge in [0.1, 0.15) is 72.2 Å². The van der Waals surface area contributed by atoms with Crippen LogP contribution in [0.1, 0.15) is 46.2 Å². The van der Waals surface area contributed by atoms with E-state index in [1.807, 2.05) is 182 Å². The van der Waals surface area contributed by atoms with Gasteiger partial charge in [-0.1, -0.05) is 182 Å². The summed E-state index contributed by atoms with van der Waals surface area (Å²) in [6.07, 6.45) is -15.8. The highest BCUT2D eigenvalue weighted by Crippen LogP contribution is 2.58. The molecule has 3 saturated heterocycles. The highest BCUT2D eigenvalue weighted by atomic mass is 16.8. The lowest BCUT2D eigenvalue weighted by Crippen LogP contribution is -2.65. The third kappa shape index (κ3) is 12.8. The van der Waals surface area contributed by atoms with Crippen molar-refractivity contribution < 1.29 is 77.3 Å². The average Bonchev–Trinajstić information content (AvgIpc) is 3.43. The van der Waals surface area contributed by atoms with Crippen molar-refractivity contribution in [3.63, 3.8) is 0 Å². The topological polar surface area (TPSA) is 192 Å². The summed E-state index contributed by atoms with van der Waals surface area (Å²) in [5.74, 6) is 0. The molecule has 79 heavy (non-hydrogen) atoms. The molecule has 16 heteroatoms. The van der Waals surface area contributed by atoms with E-state index in [-0.39, 0.29) is 46.1 Å². The Labute approximate surface area is 460 Å². The van der Waals surface area contributed by atoms with Crippen molar-refractivity contribution in [1.29, 1.82) is 0 Å². The third-order valence-corrected chi connectivity index (χ3v) is 15.6. The zero-order valence-corrected chi connectivity index (χ0v) is 44.0. The maximum atomic E-state index is 11.3. The number of benzene rings is 6. The number of aliphatic hydroxyl groups excluding tert-OH is 4. The van der Waals surface area contributed by atoms with E-state index in [0.717, 1.165) is 33.4 Å². The van der Waals surface area contributed by atoms with Crippen LogP contribution in [0.4, 0.5) is 0 Å². The Morgan fingerprint density at radius 3 is 1.06 bits per heavy atom. The van der Waals surface area contributed by atoms with E-state index < -0.39 is 110 Å². The van der Waals surface area contributed by atoms with Crippen LogP contribution < -0.4 is 0 Å². The van der Waals surface area contributed by atoms with Gasteiger partial charge in [0.25, 0.3) is 0 Å². The first-order chi connectivity index (χ1) is 38.7. The van der Waals surface area contributed by atoms with Gasteiger partial charge in [0.15, 0.2) is 18.9 Å². The molecule has 6 aromatic carbocycles. The van der Waals surface area contributed by atoms with E-state index in [1.165, 1.54) is 0 Å². The van der Waals surface area contributed by atoms with Crippen LogP contribution in [-0.2, 0) is 96.5 Å². The molecule has 0 bridgehead atoms. The van der Waals surface area contributed by atoms with Crippen molar-refractivity contribution in [1.82, 2.24) is 0 Å². The first-order valence-corrected chi connectivity index (χ1v) is 27.2. The van der Waals surface area contributed by atoms with Crippen LogP contribution in [0.5, 0.6) is 0 Å². The van der Waals surface area contributed by atoms with Gasteiger partial charge >= 0.3 is 0 Å². The third-order valence-electron chi connectivity index (χ3n) is 15.6. The predicted molar refractivity (Wildman–Crippen MR) is 285 cm³/mol. The van der Waals surface area contributed by atoms with Crippen LogP contribution in [0.25, 0.3) is 0 Å². The van der Waals surface area contributed by atoms with Gasteiger partial charge in [0.2, 0.25) is 0 Å². The van der Waals surface area contributed by atoms with Crippen molar-refractivity contribution in [2.75, 3.05) is 13.7 Å². The van der Waals surface area contributed by atoms with Crippen molar-refractivity contribution in [2.24, 2.45) is 0 Å². The number of aliphatic hydroxyl groups is 4. The summed E-state index contributed by atoms with van der Waals surface area (Å²) in [7, 11) is 1.59. The Kier molecular flexibility index (Phi) is 18.0. The molecule has 5 aliphatic rings. The minimum atomic E-state index is -1.67. The SMILES string of the molecule is CO[C@H]1O[C@@]2(CC2O[C@H]2O[C@@]3(CC3O[C@@H]3O[C@H](CO)[C@@H](O)[C@H](O)[C@H]3O)[C@@H](OCc3ccccc3)[C@H](OCc3ccccc3)[C@@H]2OCc2ccccc2)[C@@H](OCc2ccccc2)[C@H](OCc2ccccc2)[C@@H]1OCc1ccccc1. The van der Waals surface area contributed by atoms with Crippen LogP contribution in [0, 0.1) is 0 Å². The standard InChI is InChI=1S/C63H70O16/c1-68-60-55(71-37-43-24-12-4-13-25-43)53(69-35-41-20-8-2-9-21-41)57(73-39-45-28-16-6-17-29-45)62(78-60)33-49(62)77-61-56(72-38-44-26-14-5-15-27-44)54(70-36-42-22-10-3-11-23-42)58(74-40-46-30-18-7-19-31-46)63(79-61)32-48(63)76-59-52(67)51(66)50(65)47(34-64)75-59/h2-31,47-61,64-67H,32-40H2,1H3/t47-,48?,49?,50-,51+,52-,53-,54-,55+,56+,57+,58+,59+,60+,61+,62-,63-/m1/s1. The van der Waals surface area contributed by atoms with E-state index in [2.05, 4.69) is 0 Å². The van der Waals surface area contributed by atoms with E-state index in [9.17, 15) is 20.4 Å². The zero-order valence-electron chi connectivity index (χ0n) is 44.0. The molecular formula is C63H70O16. The highest BCUT2D eigenvalue weighted by Gasteiger charge is 2.75. The molecule has 3 heterocycles. The summed E-state index contributed by atoms with van der Waals surface area (Å²) in [5, 5.41) is 43.0. The summed E-state index contributed by atoms with van der Waals surface area (Å²) >= 11 is 0. The molecule has 3 aliphatic heterocycles. The van der Waals surface area contributed by atoms with Gasteiger partial charge in [0, 0.05) is 20.0 Å². The predicted octanol–water partition coefficient (Wildman–Crippen LogP) is 6.71. The monoisotopic (exact) mass is 1080 g/mol. The second kappa shape index (κ2) is 25.6. The van der Waals surface area contributed by atoms with E-state index in [1.54, 1.807) is 7.11 Å². The molecule has 2 unspecified atom stereocenters. The number of hydrogen-bond acceptors (Lipinski definition) is 16. The number of ether oxygens (including phenoxy) is 12. The van der Waals surface area contributed by atoms with Gasteiger partial charge in [0.05, 0.1) is 58.5 Å². The van der Waals surface area contributed by atoms with E-state index >= 15 is 0 Å². The normalized spacial score (nSPS) is 33.9. The molecule has 17 atom stereocenters. The van der Waals surface area contributed by atoms with Gasteiger partial charge in [-0.25, -0.2) is 0 Å². The minimum absolute atomic E-state index is 0.153. The highest BCUT2D eigenvalue weighted by molar-refractivity contribution is 5.25. The molecule has 2 spiro atoms. The van der Waals surface area contributed by atoms with E-state index in [0.29, 0.717) is 6.42 Å². The Morgan fingerprint density at radius 2 is 0.709 bits per heavy atom. The van der Waals surface area contributed by atoms with Crippen molar-refractivity contribution in [3.8, 4) is 0 Å². The molecule has 6 aromatic rings. The first-order valence-electron chi connectivity index (χ1n) is 27.2. The molecule has 0 amide bonds. The lowest BCUT2D eigenvalue weighted by atomic mass is 9.94. The molecule has 2 saturated carbocycles. The Morgan fingerprint density at radius 1 is 0.392 bits per heavy atom. The Hall–Kier alpha value is -5.32. The van der Waals surface area contributed by atoms with Crippen molar-refractivity contribution in [3.05, 3.63) is 215 Å². The van der Waals surface area contributed by atoms with Gasteiger partial charge in [-0.3, -0.25) is 0 Å². The van der Waals surface area contributed by atoms with Gasteiger partial charge in [-0.2, -0.15) is 0 Å². The fraction of sp³-hybridized carbons (Fsp3) is 0.429. The van der Waals surface area contributed by atoms with E-state index in [4.69, 9.17) is 56.8 Å². The molecule has 0 aromatic heterocycles. The van der Waals surface area contributed by atoms with Crippen molar-refractivity contribution in [2.45, 2.75) is 156 Å². The molecule has 4 N–H and O–H groups in total. The summed E-state index contributed by atoms with van der Waals surface area (Å²) in [6, 6.07) is 59.1. The second-order valence-electron chi connectivity index (χ2n) is 21.0. The summed E-state index contributed by atoms with van der Waals surface area (Å²) in [5.41, 5.74) is 3.04. The summed E-state index contributed by atoms with van der Waals surface area (Å²) < 4.78 is 82.5. The molecule has 11 rings (SSSR count). The Balaban J connectivity index is 0.966. The first kappa shape index (κ1) is 55.6. The maximum Gasteiger partial charge on any atom is 0.187 e. The Bertz CT molecular complexity index is 2770. The smallest absolute Gasteiger partial charge is 0.187 e. The summed E-state index contributed by atoms with van der Waals surface area (Å²) in [6.45, 7) is 0.549. The average molecular weight is 1080 g/mol. The summed E-state index contributed by atoms with van der Waals surface area (Å²) in [4.78, 5) is 0. The molecule has 16 nitrogen and oxygen atoms in total. The fourth-order valence-corrected chi connectivity index (χ4v) is 11.1. The van der Waals surface area contributed by atoms with Gasteiger partial charge in [-0.15, -0.1) is 0 Å². The van der Waals surface area contributed by atoms with Crippen LogP contribution in [0.15, 0.2) is 182 Å². The second-order valence-corrected chi connectivity index (χ2v) is 21.0. The van der Waals surface area contributed by atoms with Gasteiger partial charge in [-0.05, 0) is 33.4 Å². The van der Waals surface area contributed by atoms with Crippen LogP contribution in [0.3, 0.4) is 0 Å². The fourth-order valence-electron chi connectivity index (χ4n) is 11.1.